The van der Waals surface area contributed by atoms with Gasteiger partial charge in [0.05, 0.1) is 38.3 Å². The van der Waals surface area contributed by atoms with Gasteiger partial charge in [-0.1, -0.05) is 29.9 Å². The standard InChI is InChI=1S/C26H34O7/c1-18(2)12-13-31-22-11-10-19(14-23(22)32-17-24-26(3,4)33-24)8-7-9-20(15-27)21(16-29-5)25(28)30-6/h7-12,14,16,24,27H,13,15,17H2,1-6H3/b8-7+,20-9+,21-16+/t24-/m0/s1. The van der Waals surface area contributed by atoms with Crippen molar-refractivity contribution in [3.63, 3.8) is 0 Å². The molecule has 180 valence electrons. The Kier molecular flexibility index (Phi) is 9.75. The molecule has 1 heterocycles. The van der Waals surface area contributed by atoms with E-state index in [9.17, 15) is 9.90 Å². The normalized spacial score (nSPS) is 17.5. The highest BCUT2D eigenvalue weighted by molar-refractivity contribution is 5.93. The second-order valence-electron chi connectivity index (χ2n) is 8.29. The summed E-state index contributed by atoms with van der Waals surface area (Å²) in [5.41, 5.74) is 2.38. The van der Waals surface area contributed by atoms with E-state index in [2.05, 4.69) is 0 Å². The van der Waals surface area contributed by atoms with Crippen molar-refractivity contribution in [2.75, 3.05) is 34.0 Å². The van der Waals surface area contributed by atoms with Crippen molar-refractivity contribution in [3.05, 3.63) is 65.0 Å². The van der Waals surface area contributed by atoms with Gasteiger partial charge in [-0.05, 0) is 57.0 Å². The van der Waals surface area contributed by atoms with Crippen LogP contribution in [-0.2, 0) is 19.0 Å². The van der Waals surface area contributed by atoms with Crippen molar-refractivity contribution in [3.8, 4) is 11.5 Å². The molecule has 7 nitrogen and oxygen atoms in total. The van der Waals surface area contributed by atoms with Crippen LogP contribution in [0, 0.1) is 0 Å². The average Bonchev–Trinajstić information content (AvgIpc) is 3.40. The van der Waals surface area contributed by atoms with E-state index in [4.69, 9.17) is 23.7 Å². The number of aliphatic hydroxyl groups is 1. The van der Waals surface area contributed by atoms with Crippen molar-refractivity contribution in [1.29, 1.82) is 0 Å². The molecule has 0 saturated carbocycles. The quantitative estimate of drug-likeness (QED) is 0.125. The summed E-state index contributed by atoms with van der Waals surface area (Å²) in [7, 11) is 2.69. The smallest absolute Gasteiger partial charge is 0.341 e. The number of hydrogen-bond acceptors (Lipinski definition) is 7. The lowest BCUT2D eigenvalue weighted by molar-refractivity contribution is -0.136. The largest absolute Gasteiger partial charge is 0.503 e. The Morgan fingerprint density at radius 1 is 1.18 bits per heavy atom. The molecule has 0 spiro atoms. The van der Waals surface area contributed by atoms with E-state index in [0.717, 1.165) is 5.56 Å². The first-order valence-electron chi connectivity index (χ1n) is 10.7. The lowest BCUT2D eigenvalue weighted by Crippen LogP contribution is -2.13. The molecular weight excluding hydrogens is 424 g/mol. The Morgan fingerprint density at radius 2 is 1.91 bits per heavy atom. The van der Waals surface area contributed by atoms with Crippen LogP contribution in [0.4, 0.5) is 0 Å². The summed E-state index contributed by atoms with van der Waals surface area (Å²) in [5.74, 6) is 0.668. The maximum atomic E-state index is 11.9. The molecular formula is C26H34O7. The van der Waals surface area contributed by atoms with Crippen molar-refractivity contribution in [1.82, 2.24) is 0 Å². The van der Waals surface area contributed by atoms with Crippen LogP contribution in [0.15, 0.2) is 59.4 Å². The summed E-state index contributed by atoms with van der Waals surface area (Å²) in [6.45, 7) is 8.61. The maximum Gasteiger partial charge on any atom is 0.341 e. The van der Waals surface area contributed by atoms with Crippen LogP contribution in [0.1, 0.15) is 33.3 Å². The number of allylic oxidation sites excluding steroid dienone is 3. The zero-order chi connectivity index (χ0) is 24.4. The first kappa shape index (κ1) is 26.2. The fraction of sp³-hybridized carbons (Fsp3) is 0.423. The van der Waals surface area contributed by atoms with Gasteiger partial charge in [0.15, 0.2) is 11.5 Å². The Hall–Kier alpha value is -3.03. The Morgan fingerprint density at radius 3 is 2.48 bits per heavy atom. The average molecular weight is 459 g/mol. The van der Waals surface area contributed by atoms with Gasteiger partial charge in [0, 0.05) is 0 Å². The first-order chi connectivity index (χ1) is 15.7. The summed E-state index contributed by atoms with van der Waals surface area (Å²) in [6, 6.07) is 5.63. The van der Waals surface area contributed by atoms with Gasteiger partial charge >= 0.3 is 5.97 Å². The third kappa shape index (κ3) is 8.11. The molecule has 1 saturated heterocycles. The molecule has 7 heteroatoms. The molecule has 0 bridgehead atoms. The topological polar surface area (TPSA) is 86.8 Å². The molecule has 0 aromatic heterocycles. The lowest BCUT2D eigenvalue weighted by atomic mass is 10.1. The van der Waals surface area contributed by atoms with Crippen LogP contribution in [-0.4, -0.2) is 56.8 Å². The highest BCUT2D eigenvalue weighted by Crippen LogP contribution is 2.37. The Balaban J connectivity index is 2.22. The number of aliphatic hydroxyl groups excluding tert-OH is 1. The van der Waals surface area contributed by atoms with E-state index in [1.165, 1.54) is 26.1 Å². The highest BCUT2D eigenvalue weighted by Gasteiger charge is 2.48. The van der Waals surface area contributed by atoms with E-state index in [0.29, 0.717) is 30.3 Å². The molecule has 0 aliphatic carbocycles. The number of ether oxygens (including phenoxy) is 5. The predicted molar refractivity (Wildman–Crippen MR) is 127 cm³/mol. The van der Waals surface area contributed by atoms with Gasteiger partial charge in [-0.15, -0.1) is 0 Å². The number of benzene rings is 1. The zero-order valence-electron chi connectivity index (χ0n) is 20.2. The monoisotopic (exact) mass is 458 g/mol. The molecule has 1 fully saturated rings. The molecule has 1 N–H and O–H groups in total. The Labute approximate surface area is 195 Å². The van der Waals surface area contributed by atoms with Crippen LogP contribution < -0.4 is 9.47 Å². The fourth-order valence-corrected chi connectivity index (χ4v) is 2.88. The number of hydrogen-bond donors (Lipinski definition) is 1. The first-order valence-corrected chi connectivity index (χ1v) is 10.7. The van der Waals surface area contributed by atoms with E-state index in [1.807, 2.05) is 58.0 Å². The minimum absolute atomic E-state index is 0.0432. The molecule has 0 radical (unpaired) electrons. The molecule has 1 aromatic rings. The van der Waals surface area contributed by atoms with Crippen LogP contribution >= 0.6 is 0 Å². The van der Waals surface area contributed by atoms with Crippen molar-refractivity contribution in [2.45, 2.75) is 39.4 Å². The van der Waals surface area contributed by atoms with Crippen molar-refractivity contribution in [2.24, 2.45) is 0 Å². The third-order valence-corrected chi connectivity index (χ3v) is 5.00. The van der Waals surface area contributed by atoms with E-state index in [-0.39, 0.29) is 23.9 Å². The van der Waals surface area contributed by atoms with Crippen LogP contribution in [0.3, 0.4) is 0 Å². The molecule has 0 unspecified atom stereocenters. The number of methoxy groups -OCH3 is 2. The summed E-state index contributed by atoms with van der Waals surface area (Å²) in [5, 5.41) is 9.68. The second-order valence-corrected chi connectivity index (χ2v) is 8.29. The number of esters is 1. The van der Waals surface area contributed by atoms with Gasteiger partial charge in [0.1, 0.15) is 19.3 Å². The predicted octanol–water partition coefficient (Wildman–Crippen LogP) is 4.22. The van der Waals surface area contributed by atoms with E-state index >= 15 is 0 Å². The second kappa shape index (κ2) is 12.3. The number of carbonyl (C=O) groups excluding carboxylic acids is 1. The molecule has 1 atom stereocenters. The SMILES string of the molecule is CO\C=C(C(=O)OC)/C(=C/C=C/c1ccc(OCC=C(C)C)c(OC[C@@H]2OC2(C)C)c1)CO. The molecule has 33 heavy (non-hydrogen) atoms. The van der Waals surface area contributed by atoms with Gasteiger partial charge in [0.2, 0.25) is 0 Å². The van der Waals surface area contributed by atoms with Crippen molar-refractivity contribution >= 4 is 12.0 Å². The van der Waals surface area contributed by atoms with Crippen LogP contribution in [0.25, 0.3) is 6.08 Å². The van der Waals surface area contributed by atoms with Gasteiger partial charge < -0.3 is 28.8 Å². The van der Waals surface area contributed by atoms with E-state index < -0.39 is 5.97 Å². The van der Waals surface area contributed by atoms with Crippen LogP contribution in [0.5, 0.6) is 11.5 Å². The number of carbonyl (C=O) groups is 1. The Bertz CT molecular complexity index is 934. The van der Waals surface area contributed by atoms with E-state index in [1.54, 1.807) is 12.2 Å². The van der Waals surface area contributed by atoms with Gasteiger partial charge in [-0.2, -0.15) is 0 Å². The molecule has 1 aliphatic heterocycles. The maximum absolute atomic E-state index is 11.9. The van der Waals surface area contributed by atoms with Gasteiger partial charge in [-0.25, -0.2) is 4.79 Å². The van der Waals surface area contributed by atoms with Crippen molar-refractivity contribution < 1.29 is 33.6 Å². The molecule has 2 rings (SSSR count). The number of epoxide rings is 1. The highest BCUT2D eigenvalue weighted by atomic mass is 16.6. The van der Waals surface area contributed by atoms with Gasteiger partial charge in [-0.3, -0.25) is 0 Å². The zero-order valence-corrected chi connectivity index (χ0v) is 20.2. The molecule has 0 amide bonds. The summed E-state index contributed by atoms with van der Waals surface area (Å²) in [4.78, 5) is 11.9. The summed E-state index contributed by atoms with van der Waals surface area (Å²) >= 11 is 0. The third-order valence-electron chi connectivity index (χ3n) is 5.00. The summed E-state index contributed by atoms with van der Waals surface area (Å²) < 4.78 is 27.2. The van der Waals surface area contributed by atoms with Crippen LogP contribution in [0.2, 0.25) is 0 Å². The molecule has 1 aliphatic rings. The molecule has 1 aromatic carbocycles. The number of rotatable bonds is 12. The lowest BCUT2D eigenvalue weighted by Gasteiger charge is -2.12. The minimum atomic E-state index is -0.593. The fourth-order valence-electron chi connectivity index (χ4n) is 2.88. The summed E-state index contributed by atoms with van der Waals surface area (Å²) in [6.07, 6.45) is 8.48. The minimum Gasteiger partial charge on any atom is -0.503 e. The van der Waals surface area contributed by atoms with Gasteiger partial charge in [0.25, 0.3) is 0 Å².